The molecule has 0 aromatic carbocycles. The Morgan fingerprint density at radius 3 is 2.12 bits per heavy atom. The number of unbranched alkanes of at least 4 members (excludes halogenated alkanes) is 3. The second kappa shape index (κ2) is 10.4. The maximum atomic E-state index is 12.0. The Bertz CT molecular complexity index is 473. The summed E-state index contributed by atoms with van der Waals surface area (Å²) in [6, 6.07) is 0. The molecule has 0 radical (unpaired) electrons. The molecule has 0 saturated heterocycles. The molecule has 0 spiro atoms. The van der Waals surface area contributed by atoms with E-state index in [9.17, 15) is 13.2 Å². The normalized spacial score (nSPS) is 13.1. The van der Waals surface area contributed by atoms with E-state index in [0.29, 0.717) is 13.0 Å². The van der Waals surface area contributed by atoms with Crippen LogP contribution in [0, 0.1) is 5.41 Å². The van der Waals surface area contributed by atoms with Crippen LogP contribution in [0.5, 0.6) is 0 Å². The molecule has 0 aromatic heterocycles. The van der Waals surface area contributed by atoms with Gasteiger partial charge in [-0.15, -0.1) is 0 Å². The van der Waals surface area contributed by atoms with Gasteiger partial charge in [-0.25, -0.2) is 0 Å². The third-order valence-electron chi connectivity index (χ3n) is 4.64. The van der Waals surface area contributed by atoms with Gasteiger partial charge in [0, 0.05) is 18.4 Å². The Morgan fingerprint density at radius 2 is 1.58 bits per heavy atom. The fourth-order valence-electron chi connectivity index (χ4n) is 2.40. The van der Waals surface area contributed by atoms with Crippen LogP contribution in [-0.2, 0) is 14.9 Å². The third-order valence-corrected chi connectivity index (χ3v) is 5.44. The predicted octanol–water partition coefficient (Wildman–Crippen LogP) is 2.45. The molecular weight excluding hydrogens is 328 g/mol. The minimum absolute atomic E-state index is 0.120. The van der Waals surface area contributed by atoms with E-state index in [4.69, 9.17) is 4.55 Å². The molecule has 144 valence electrons. The summed E-state index contributed by atoms with van der Waals surface area (Å²) in [5.41, 5.74) is -0.299. The minimum Gasteiger partial charge on any atom is -0.355 e. The van der Waals surface area contributed by atoms with Gasteiger partial charge in [-0.3, -0.25) is 9.35 Å². The SMILES string of the molecule is CCC(C)(C)C(=O)NCCC[N+](C)(C)CCCCCCS(=O)(=O)O. The lowest BCUT2D eigenvalue weighted by Gasteiger charge is -2.30. The first kappa shape index (κ1) is 23.3. The zero-order chi connectivity index (χ0) is 18.9. The maximum absolute atomic E-state index is 12.0. The average molecular weight is 366 g/mol. The van der Waals surface area contributed by atoms with Gasteiger partial charge in [0.1, 0.15) is 0 Å². The zero-order valence-corrected chi connectivity index (χ0v) is 16.9. The van der Waals surface area contributed by atoms with Crippen LogP contribution in [0.3, 0.4) is 0 Å². The monoisotopic (exact) mass is 365 g/mol. The third kappa shape index (κ3) is 11.8. The summed E-state index contributed by atoms with van der Waals surface area (Å²) in [5.74, 6) is -0.0202. The molecule has 0 aliphatic rings. The molecule has 2 N–H and O–H groups in total. The zero-order valence-electron chi connectivity index (χ0n) is 16.1. The van der Waals surface area contributed by atoms with Crippen molar-refractivity contribution >= 4 is 16.0 Å². The van der Waals surface area contributed by atoms with E-state index < -0.39 is 10.1 Å². The predicted molar refractivity (Wildman–Crippen MR) is 98.4 cm³/mol. The van der Waals surface area contributed by atoms with Crippen LogP contribution >= 0.6 is 0 Å². The second-order valence-electron chi connectivity index (χ2n) is 7.93. The van der Waals surface area contributed by atoms with Gasteiger partial charge >= 0.3 is 0 Å². The fraction of sp³-hybridized carbons (Fsp3) is 0.941. The summed E-state index contributed by atoms with van der Waals surface area (Å²) in [7, 11) is 0.540. The Hall–Kier alpha value is -0.660. The highest BCUT2D eigenvalue weighted by atomic mass is 32.2. The van der Waals surface area contributed by atoms with Gasteiger partial charge in [0.05, 0.1) is 32.9 Å². The summed E-state index contributed by atoms with van der Waals surface area (Å²) in [6.07, 6.45) is 5.12. The van der Waals surface area contributed by atoms with Gasteiger partial charge in [0.2, 0.25) is 5.91 Å². The Kier molecular flexibility index (Phi) is 10.1. The number of hydrogen-bond acceptors (Lipinski definition) is 3. The standard InChI is InChI=1S/C17H36N2O4S/c1-6-17(2,3)16(20)18-12-11-14-19(4,5)13-9-7-8-10-15-24(21,22)23/h6-15H2,1-5H3,(H-,18,20,21,22,23)/p+1. The van der Waals surface area contributed by atoms with Gasteiger partial charge in [0.15, 0.2) is 0 Å². The number of carbonyl (C=O) groups is 1. The number of nitrogens with one attached hydrogen (secondary N) is 1. The maximum Gasteiger partial charge on any atom is 0.264 e. The van der Waals surface area contributed by atoms with E-state index in [1.807, 2.05) is 20.8 Å². The van der Waals surface area contributed by atoms with Crippen molar-refractivity contribution in [2.24, 2.45) is 5.41 Å². The first-order valence-corrected chi connectivity index (χ1v) is 10.6. The van der Waals surface area contributed by atoms with Crippen LogP contribution in [-0.4, -0.2) is 62.8 Å². The van der Waals surface area contributed by atoms with E-state index in [1.165, 1.54) is 0 Å². The van der Waals surface area contributed by atoms with Crippen molar-refractivity contribution in [1.29, 1.82) is 0 Å². The van der Waals surface area contributed by atoms with Crippen molar-refractivity contribution < 1.29 is 22.2 Å². The van der Waals surface area contributed by atoms with Crippen molar-refractivity contribution in [3.8, 4) is 0 Å². The smallest absolute Gasteiger partial charge is 0.264 e. The highest BCUT2D eigenvalue weighted by Crippen LogP contribution is 2.19. The highest BCUT2D eigenvalue weighted by molar-refractivity contribution is 7.85. The Morgan fingerprint density at radius 1 is 1.04 bits per heavy atom. The average Bonchev–Trinajstić information content (AvgIpc) is 2.45. The van der Waals surface area contributed by atoms with Crippen LogP contribution < -0.4 is 5.32 Å². The Balaban J connectivity index is 3.81. The summed E-state index contributed by atoms with van der Waals surface area (Å²) < 4.78 is 30.8. The molecule has 6 nitrogen and oxygen atoms in total. The molecule has 0 atom stereocenters. The van der Waals surface area contributed by atoms with Crippen molar-refractivity contribution in [3.63, 3.8) is 0 Å². The van der Waals surface area contributed by atoms with Gasteiger partial charge in [-0.05, 0) is 25.7 Å². The lowest BCUT2D eigenvalue weighted by molar-refractivity contribution is -0.890. The molecule has 0 saturated carbocycles. The van der Waals surface area contributed by atoms with Gasteiger partial charge in [-0.2, -0.15) is 8.42 Å². The van der Waals surface area contributed by atoms with Crippen LogP contribution in [0.1, 0.15) is 59.3 Å². The highest BCUT2D eigenvalue weighted by Gasteiger charge is 2.24. The van der Waals surface area contributed by atoms with Gasteiger partial charge in [0.25, 0.3) is 10.1 Å². The van der Waals surface area contributed by atoms with Crippen LogP contribution in [0.2, 0.25) is 0 Å². The van der Waals surface area contributed by atoms with E-state index in [-0.39, 0.29) is 17.1 Å². The van der Waals surface area contributed by atoms with Crippen molar-refractivity contribution in [3.05, 3.63) is 0 Å². The molecule has 7 heteroatoms. The molecule has 0 unspecified atom stereocenters. The number of amides is 1. The molecule has 0 bridgehead atoms. The number of rotatable bonds is 13. The molecule has 0 heterocycles. The Labute approximate surface area is 148 Å². The molecule has 1 amide bonds. The van der Waals surface area contributed by atoms with E-state index in [2.05, 4.69) is 19.4 Å². The summed E-state index contributed by atoms with van der Waals surface area (Å²) >= 11 is 0. The molecule has 0 rings (SSSR count). The molecule has 0 aliphatic carbocycles. The molecular formula is C17H37N2O4S+. The van der Waals surface area contributed by atoms with Crippen LogP contribution in [0.4, 0.5) is 0 Å². The van der Waals surface area contributed by atoms with Gasteiger partial charge in [-0.1, -0.05) is 27.2 Å². The fourth-order valence-corrected chi connectivity index (χ4v) is 2.97. The van der Waals surface area contributed by atoms with E-state index >= 15 is 0 Å². The van der Waals surface area contributed by atoms with Crippen molar-refractivity contribution in [1.82, 2.24) is 5.32 Å². The number of carbonyl (C=O) groups excluding carboxylic acids is 1. The van der Waals surface area contributed by atoms with E-state index in [1.54, 1.807) is 0 Å². The summed E-state index contributed by atoms with van der Waals surface area (Å²) in [5, 5.41) is 3.02. The van der Waals surface area contributed by atoms with Crippen molar-refractivity contribution in [2.75, 3.05) is 39.5 Å². The lowest BCUT2D eigenvalue weighted by Crippen LogP contribution is -2.43. The minimum atomic E-state index is -3.81. The first-order chi connectivity index (χ1) is 10.9. The summed E-state index contributed by atoms with van der Waals surface area (Å²) in [6.45, 7) is 8.68. The van der Waals surface area contributed by atoms with Crippen LogP contribution in [0.25, 0.3) is 0 Å². The van der Waals surface area contributed by atoms with Crippen LogP contribution in [0.15, 0.2) is 0 Å². The topological polar surface area (TPSA) is 83.5 Å². The lowest BCUT2D eigenvalue weighted by atomic mass is 9.89. The molecule has 0 aromatic rings. The summed E-state index contributed by atoms with van der Waals surface area (Å²) in [4.78, 5) is 12.0. The largest absolute Gasteiger partial charge is 0.355 e. The molecule has 0 aliphatic heterocycles. The number of hydrogen-bond donors (Lipinski definition) is 2. The molecule has 0 fully saturated rings. The van der Waals surface area contributed by atoms with E-state index in [0.717, 1.165) is 49.7 Å². The second-order valence-corrected chi connectivity index (χ2v) is 9.50. The quantitative estimate of drug-likeness (QED) is 0.298. The number of quaternary nitrogens is 1. The number of nitrogens with zero attached hydrogens (tertiary/aromatic N) is 1. The van der Waals surface area contributed by atoms with Crippen molar-refractivity contribution in [2.45, 2.75) is 59.3 Å². The first-order valence-electron chi connectivity index (χ1n) is 8.95. The molecule has 24 heavy (non-hydrogen) atoms. The van der Waals surface area contributed by atoms with Gasteiger partial charge < -0.3 is 9.80 Å².